The summed E-state index contributed by atoms with van der Waals surface area (Å²) in [5, 5.41) is 2.68. The Hall–Kier alpha value is -2.16. The number of nitrogens with zero attached hydrogens (tertiary/aromatic N) is 1. The van der Waals surface area contributed by atoms with Gasteiger partial charge in [0.15, 0.2) is 5.76 Å². The largest absolute Gasteiger partial charge is 0.456 e. The van der Waals surface area contributed by atoms with Crippen molar-refractivity contribution in [2.75, 3.05) is 18.4 Å². The van der Waals surface area contributed by atoms with Crippen LogP contribution in [0.2, 0.25) is 0 Å². The van der Waals surface area contributed by atoms with E-state index in [0.29, 0.717) is 24.5 Å². The number of anilines is 1. The first kappa shape index (κ1) is 18.6. The molecule has 3 rings (SSSR count). The first-order valence-electron chi connectivity index (χ1n) is 8.39. The van der Waals surface area contributed by atoms with E-state index in [9.17, 15) is 13.2 Å². The molecule has 1 N–H and O–H groups in total. The molecule has 140 valence electrons. The lowest BCUT2D eigenvalue weighted by molar-refractivity contribution is -0.0440. The molecule has 1 fully saturated rings. The zero-order valence-corrected chi connectivity index (χ0v) is 15.7. The van der Waals surface area contributed by atoms with Crippen LogP contribution >= 0.6 is 0 Å². The van der Waals surface area contributed by atoms with E-state index in [1.54, 1.807) is 31.2 Å². The summed E-state index contributed by atoms with van der Waals surface area (Å²) in [5.74, 6) is 0.464. The molecule has 1 aliphatic heterocycles. The maximum atomic E-state index is 12.8. The molecule has 26 heavy (non-hydrogen) atoms. The average molecular weight is 378 g/mol. The van der Waals surface area contributed by atoms with Crippen molar-refractivity contribution in [3.63, 3.8) is 0 Å². The fourth-order valence-corrected chi connectivity index (χ4v) is 4.53. The van der Waals surface area contributed by atoms with Crippen molar-refractivity contribution in [3.05, 3.63) is 47.9 Å². The number of sulfonamides is 1. The smallest absolute Gasteiger partial charge is 0.291 e. The SMILES string of the molecule is Cc1ccc(C(=O)Nc2ccc(S(=O)(=O)N3C[C@H](C)O[C@@H](C)C3)cc2)o1. The summed E-state index contributed by atoms with van der Waals surface area (Å²) >= 11 is 0. The van der Waals surface area contributed by atoms with Gasteiger partial charge in [0.1, 0.15) is 5.76 Å². The van der Waals surface area contributed by atoms with Crippen molar-refractivity contribution >= 4 is 21.6 Å². The summed E-state index contributed by atoms with van der Waals surface area (Å²) < 4.78 is 37.9. The standard InChI is InChI=1S/C18H22N2O5S/c1-12-4-9-17(25-12)18(21)19-15-5-7-16(8-6-15)26(22,23)20-10-13(2)24-14(3)11-20/h4-9,13-14H,10-11H2,1-3H3,(H,19,21)/t13-,14-/m0/s1. The van der Waals surface area contributed by atoms with Gasteiger partial charge >= 0.3 is 0 Å². The number of hydrogen-bond donors (Lipinski definition) is 1. The van der Waals surface area contributed by atoms with Crippen molar-refractivity contribution in [3.8, 4) is 0 Å². The number of nitrogens with one attached hydrogen (secondary N) is 1. The monoisotopic (exact) mass is 378 g/mol. The molecule has 2 heterocycles. The fraction of sp³-hybridized carbons (Fsp3) is 0.389. The summed E-state index contributed by atoms with van der Waals surface area (Å²) in [7, 11) is -3.60. The summed E-state index contributed by atoms with van der Waals surface area (Å²) in [4.78, 5) is 12.3. The molecule has 0 saturated carbocycles. The average Bonchev–Trinajstić information content (AvgIpc) is 3.01. The second-order valence-electron chi connectivity index (χ2n) is 6.47. The second-order valence-corrected chi connectivity index (χ2v) is 8.41. The van der Waals surface area contributed by atoms with Crippen LogP contribution in [0.15, 0.2) is 45.7 Å². The van der Waals surface area contributed by atoms with Gasteiger partial charge in [0.25, 0.3) is 5.91 Å². The molecule has 1 aromatic carbocycles. The lowest BCUT2D eigenvalue weighted by atomic mass is 10.3. The van der Waals surface area contributed by atoms with Gasteiger partial charge in [0.05, 0.1) is 17.1 Å². The van der Waals surface area contributed by atoms with E-state index in [0.717, 1.165) is 0 Å². The molecule has 0 radical (unpaired) electrons. The number of morpholine rings is 1. The molecule has 8 heteroatoms. The van der Waals surface area contributed by atoms with E-state index in [1.807, 2.05) is 13.8 Å². The van der Waals surface area contributed by atoms with Gasteiger partial charge in [0.2, 0.25) is 10.0 Å². The van der Waals surface area contributed by atoms with E-state index in [2.05, 4.69) is 5.32 Å². The van der Waals surface area contributed by atoms with E-state index in [-0.39, 0.29) is 28.8 Å². The highest BCUT2D eigenvalue weighted by Gasteiger charge is 2.32. The van der Waals surface area contributed by atoms with Crippen LogP contribution in [0.4, 0.5) is 5.69 Å². The van der Waals surface area contributed by atoms with Crippen LogP contribution in [-0.2, 0) is 14.8 Å². The first-order valence-corrected chi connectivity index (χ1v) is 9.83. The number of amides is 1. The number of carbonyl (C=O) groups is 1. The zero-order chi connectivity index (χ0) is 18.9. The maximum Gasteiger partial charge on any atom is 0.291 e. The van der Waals surface area contributed by atoms with Crippen LogP contribution in [0, 0.1) is 6.92 Å². The zero-order valence-electron chi connectivity index (χ0n) is 14.9. The van der Waals surface area contributed by atoms with E-state index in [4.69, 9.17) is 9.15 Å². The van der Waals surface area contributed by atoms with E-state index >= 15 is 0 Å². The third kappa shape index (κ3) is 3.98. The lowest BCUT2D eigenvalue weighted by Gasteiger charge is -2.34. The number of aryl methyl sites for hydroxylation is 1. The maximum absolute atomic E-state index is 12.8. The first-order chi connectivity index (χ1) is 12.3. The van der Waals surface area contributed by atoms with Crippen LogP contribution in [0.1, 0.15) is 30.2 Å². The van der Waals surface area contributed by atoms with Crippen molar-refractivity contribution in [2.24, 2.45) is 0 Å². The van der Waals surface area contributed by atoms with Crippen LogP contribution < -0.4 is 5.32 Å². The highest BCUT2D eigenvalue weighted by atomic mass is 32.2. The van der Waals surface area contributed by atoms with Gasteiger partial charge in [-0.05, 0) is 57.2 Å². The van der Waals surface area contributed by atoms with Gasteiger partial charge in [-0.3, -0.25) is 4.79 Å². The molecule has 1 aliphatic rings. The second kappa shape index (κ2) is 7.22. The molecule has 2 aromatic rings. The van der Waals surface area contributed by atoms with Gasteiger partial charge in [0, 0.05) is 18.8 Å². The molecule has 0 aliphatic carbocycles. The van der Waals surface area contributed by atoms with Crippen LogP contribution in [0.5, 0.6) is 0 Å². The molecular formula is C18H22N2O5S. The van der Waals surface area contributed by atoms with Gasteiger partial charge in [-0.25, -0.2) is 8.42 Å². The molecular weight excluding hydrogens is 356 g/mol. The number of rotatable bonds is 4. The minimum atomic E-state index is -3.60. The Morgan fingerprint density at radius 3 is 2.23 bits per heavy atom. The van der Waals surface area contributed by atoms with Crippen molar-refractivity contribution in [1.82, 2.24) is 4.31 Å². The molecule has 0 spiro atoms. The third-order valence-corrected chi connectivity index (χ3v) is 5.95. The Morgan fingerprint density at radius 1 is 1.08 bits per heavy atom. The molecule has 7 nitrogen and oxygen atoms in total. The van der Waals surface area contributed by atoms with Crippen LogP contribution in [-0.4, -0.2) is 43.9 Å². The molecule has 1 amide bonds. The summed E-state index contributed by atoms with van der Waals surface area (Å²) in [6.07, 6.45) is -0.298. The third-order valence-electron chi connectivity index (χ3n) is 4.10. The quantitative estimate of drug-likeness (QED) is 0.883. The Kier molecular flexibility index (Phi) is 5.17. The molecule has 1 saturated heterocycles. The Bertz CT molecular complexity index is 879. The summed E-state index contributed by atoms with van der Waals surface area (Å²) in [5.41, 5.74) is 0.492. The van der Waals surface area contributed by atoms with Crippen LogP contribution in [0.25, 0.3) is 0 Å². The Morgan fingerprint density at radius 2 is 1.69 bits per heavy atom. The Labute approximate surface area is 153 Å². The minimum absolute atomic E-state index is 0.149. The minimum Gasteiger partial charge on any atom is -0.456 e. The predicted octanol–water partition coefficient (Wildman–Crippen LogP) is 2.64. The number of hydrogen-bond acceptors (Lipinski definition) is 5. The number of benzene rings is 1. The fourth-order valence-electron chi connectivity index (χ4n) is 2.94. The van der Waals surface area contributed by atoms with E-state index in [1.165, 1.54) is 16.4 Å². The summed E-state index contributed by atoms with van der Waals surface area (Å²) in [6, 6.07) is 9.40. The van der Waals surface area contributed by atoms with Crippen molar-refractivity contribution in [1.29, 1.82) is 0 Å². The highest BCUT2D eigenvalue weighted by molar-refractivity contribution is 7.89. The molecule has 0 unspecified atom stereocenters. The molecule has 0 bridgehead atoms. The predicted molar refractivity (Wildman–Crippen MR) is 96.6 cm³/mol. The topological polar surface area (TPSA) is 88.9 Å². The molecule has 2 atom stereocenters. The Balaban J connectivity index is 1.73. The van der Waals surface area contributed by atoms with Crippen molar-refractivity contribution in [2.45, 2.75) is 37.9 Å². The van der Waals surface area contributed by atoms with Gasteiger partial charge < -0.3 is 14.5 Å². The normalized spacial score (nSPS) is 21.5. The number of ether oxygens (including phenoxy) is 1. The number of furan rings is 1. The highest BCUT2D eigenvalue weighted by Crippen LogP contribution is 2.22. The van der Waals surface area contributed by atoms with Gasteiger partial charge in [-0.1, -0.05) is 0 Å². The lowest BCUT2D eigenvalue weighted by Crippen LogP contribution is -2.48. The number of carbonyl (C=O) groups excluding carboxylic acids is 1. The van der Waals surface area contributed by atoms with E-state index < -0.39 is 10.0 Å². The van der Waals surface area contributed by atoms with Gasteiger partial charge in [-0.15, -0.1) is 0 Å². The van der Waals surface area contributed by atoms with Crippen molar-refractivity contribution < 1.29 is 22.4 Å². The molecule has 1 aromatic heterocycles. The summed E-state index contributed by atoms with van der Waals surface area (Å²) in [6.45, 7) is 6.11. The van der Waals surface area contributed by atoms with Gasteiger partial charge in [-0.2, -0.15) is 4.31 Å². The van der Waals surface area contributed by atoms with Crippen LogP contribution in [0.3, 0.4) is 0 Å².